The highest BCUT2D eigenvalue weighted by Crippen LogP contribution is 2.18. The summed E-state index contributed by atoms with van der Waals surface area (Å²) in [5.74, 6) is -0.161. The van der Waals surface area contributed by atoms with E-state index in [1.807, 2.05) is 19.1 Å². The zero-order valence-electron chi connectivity index (χ0n) is 11.3. The van der Waals surface area contributed by atoms with Crippen LogP contribution in [0.1, 0.15) is 22.8 Å². The Kier molecular flexibility index (Phi) is 4.73. The molecule has 0 aliphatic heterocycles. The van der Waals surface area contributed by atoms with Gasteiger partial charge < -0.3 is 0 Å². The molecule has 2 atom stereocenters. The molecule has 20 heavy (non-hydrogen) atoms. The minimum absolute atomic E-state index is 0.161. The van der Waals surface area contributed by atoms with Gasteiger partial charge in [-0.3, -0.25) is 9.00 Å². The van der Waals surface area contributed by atoms with Crippen LogP contribution in [0.15, 0.2) is 53.4 Å². The van der Waals surface area contributed by atoms with Crippen molar-refractivity contribution in [1.29, 1.82) is 0 Å². The number of benzene rings is 2. The van der Waals surface area contributed by atoms with Crippen LogP contribution in [-0.2, 0) is 10.8 Å². The summed E-state index contributed by atoms with van der Waals surface area (Å²) in [6.07, 6.45) is 0. The smallest absolute Gasteiger partial charge is 0.178 e. The van der Waals surface area contributed by atoms with Gasteiger partial charge in [0, 0.05) is 15.5 Å². The number of ketones is 1. The van der Waals surface area contributed by atoms with Crippen molar-refractivity contribution < 1.29 is 9.00 Å². The molecule has 2 nitrogen and oxygen atoms in total. The van der Waals surface area contributed by atoms with Gasteiger partial charge in [-0.25, -0.2) is 0 Å². The molecule has 0 radical (unpaired) electrons. The van der Waals surface area contributed by atoms with E-state index in [-0.39, 0.29) is 5.78 Å². The second-order valence-electron chi connectivity index (χ2n) is 4.63. The van der Waals surface area contributed by atoms with Crippen LogP contribution in [0.4, 0.5) is 0 Å². The van der Waals surface area contributed by atoms with Crippen LogP contribution in [0.3, 0.4) is 0 Å². The Morgan fingerprint density at radius 3 is 2.40 bits per heavy atom. The Bertz CT molecular complexity index is 650. The Hall–Kier alpha value is -1.45. The normalized spacial score (nSPS) is 13.8. The number of Topliss-reactive ketones (excluding diaryl/α,β-unsaturated/α-hetero) is 1. The Balaban J connectivity index is 2.22. The fourth-order valence-electron chi connectivity index (χ4n) is 1.85. The molecule has 0 N–H and O–H groups in total. The number of aryl methyl sites for hydroxylation is 1. The van der Waals surface area contributed by atoms with E-state index in [1.54, 1.807) is 43.3 Å². The number of hydrogen-bond donors (Lipinski definition) is 0. The molecule has 0 spiro atoms. The molecule has 0 aliphatic rings. The van der Waals surface area contributed by atoms with E-state index in [1.165, 1.54) is 0 Å². The van der Waals surface area contributed by atoms with E-state index in [0.717, 1.165) is 5.56 Å². The first-order chi connectivity index (χ1) is 9.49. The number of carbonyl (C=O) groups is 1. The van der Waals surface area contributed by atoms with Gasteiger partial charge in [-0.2, -0.15) is 0 Å². The third-order valence-electron chi connectivity index (χ3n) is 3.05. The Labute approximate surface area is 126 Å². The number of carbonyl (C=O) groups excluding carboxylic acids is 1. The third-order valence-corrected chi connectivity index (χ3v) is 4.88. The van der Waals surface area contributed by atoms with E-state index in [2.05, 4.69) is 0 Å². The van der Waals surface area contributed by atoms with E-state index in [9.17, 15) is 9.00 Å². The Morgan fingerprint density at radius 2 is 1.80 bits per heavy atom. The van der Waals surface area contributed by atoms with E-state index in [0.29, 0.717) is 15.5 Å². The van der Waals surface area contributed by atoms with Gasteiger partial charge in [0.2, 0.25) is 0 Å². The summed E-state index contributed by atoms with van der Waals surface area (Å²) in [6, 6.07) is 14.1. The molecule has 0 aliphatic carbocycles. The molecular formula is C16H15ClO2S. The van der Waals surface area contributed by atoms with Crippen molar-refractivity contribution in [2.75, 3.05) is 0 Å². The molecule has 104 valence electrons. The lowest BCUT2D eigenvalue weighted by Gasteiger charge is -2.11. The van der Waals surface area contributed by atoms with Gasteiger partial charge in [0.05, 0.1) is 16.0 Å². The molecule has 0 fully saturated rings. The highest BCUT2D eigenvalue weighted by Gasteiger charge is 2.22. The maximum absolute atomic E-state index is 12.4. The van der Waals surface area contributed by atoms with Crippen LogP contribution >= 0.6 is 11.6 Å². The topological polar surface area (TPSA) is 34.1 Å². The predicted molar refractivity (Wildman–Crippen MR) is 82.8 cm³/mol. The third kappa shape index (κ3) is 3.35. The van der Waals surface area contributed by atoms with Gasteiger partial charge in [-0.05, 0) is 38.1 Å². The summed E-state index contributed by atoms with van der Waals surface area (Å²) in [4.78, 5) is 13.0. The molecule has 2 aromatic carbocycles. The molecular weight excluding hydrogens is 292 g/mol. The molecule has 2 unspecified atom stereocenters. The van der Waals surface area contributed by atoms with E-state index >= 15 is 0 Å². The maximum atomic E-state index is 12.4. The van der Waals surface area contributed by atoms with E-state index < -0.39 is 16.0 Å². The predicted octanol–water partition coefficient (Wildman–Crippen LogP) is 4.03. The van der Waals surface area contributed by atoms with Crippen molar-refractivity contribution in [3.8, 4) is 0 Å². The first-order valence-electron chi connectivity index (χ1n) is 6.26. The first-order valence-corrected chi connectivity index (χ1v) is 7.85. The summed E-state index contributed by atoms with van der Waals surface area (Å²) in [7, 11) is -1.37. The lowest BCUT2D eigenvalue weighted by atomic mass is 10.1. The van der Waals surface area contributed by atoms with Crippen molar-refractivity contribution in [3.63, 3.8) is 0 Å². The fourth-order valence-corrected chi connectivity index (χ4v) is 3.18. The minimum atomic E-state index is -1.37. The zero-order chi connectivity index (χ0) is 14.7. The lowest BCUT2D eigenvalue weighted by molar-refractivity contribution is 0.0992. The summed E-state index contributed by atoms with van der Waals surface area (Å²) in [6.45, 7) is 3.65. The van der Waals surface area contributed by atoms with Crippen molar-refractivity contribution in [2.24, 2.45) is 0 Å². The Morgan fingerprint density at radius 1 is 1.15 bits per heavy atom. The average molecular weight is 307 g/mol. The highest BCUT2D eigenvalue weighted by atomic mass is 35.5. The summed E-state index contributed by atoms with van der Waals surface area (Å²) >= 11 is 5.88. The molecule has 0 aromatic heterocycles. The summed E-state index contributed by atoms with van der Waals surface area (Å²) in [5.41, 5.74) is 1.59. The van der Waals surface area contributed by atoms with Gasteiger partial charge in [0.25, 0.3) is 0 Å². The summed E-state index contributed by atoms with van der Waals surface area (Å²) in [5, 5.41) is -0.0969. The number of rotatable bonds is 4. The standard InChI is InChI=1S/C16H15ClO2S/c1-11-6-8-15(9-7-11)20(19)12(2)16(18)13-4-3-5-14(17)10-13/h3-10,12H,1-2H3. The lowest BCUT2D eigenvalue weighted by Crippen LogP contribution is -2.22. The molecule has 0 amide bonds. The van der Waals surface area contributed by atoms with Crippen LogP contribution in [0.25, 0.3) is 0 Å². The average Bonchev–Trinajstić information content (AvgIpc) is 2.46. The second-order valence-corrected chi connectivity index (χ2v) is 6.84. The first kappa shape index (κ1) is 14.9. The number of hydrogen-bond acceptors (Lipinski definition) is 2. The van der Waals surface area contributed by atoms with Crippen molar-refractivity contribution in [2.45, 2.75) is 24.0 Å². The monoisotopic (exact) mass is 306 g/mol. The number of halogens is 1. The van der Waals surface area contributed by atoms with Crippen molar-refractivity contribution in [3.05, 3.63) is 64.7 Å². The van der Waals surface area contributed by atoms with Crippen molar-refractivity contribution >= 4 is 28.2 Å². The van der Waals surface area contributed by atoms with Gasteiger partial charge in [0.15, 0.2) is 5.78 Å². The minimum Gasteiger partial charge on any atom is -0.293 e. The highest BCUT2D eigenvalue weighted by molar-refractivity contribution is 7.86. The quantitative estimate of drug-likeness (QED) is 0.799. The second kappa shape index (κ2) is 6.33. The van der Waals surface area contributed by atoms with Crippen LogP contribution < -0.4 is 0 Å². The van der Waals surface area contributed by atoms with Crippen LogP contribution in [0.2, 0.25) is 5.02 Å². The molecule has 2 aromatic rings. The van der Waals surface area contributed by atoms with Gasteiger partial charge in [-0.15, -0.1) is 0 Å². The van der Waals surface area contributed by atoms with Crippen LogP contribution in [-0.4, -0.2) is 15.2 Å². The van der Waals surface area contributed by atoms with Crippen LogP contribution in [0.5, 0.6) is 0 Å². The molecule has 0 heterocycles. The fraction of sp³-hybridized carbons (Fsp3) is 0.188. The molecule has 0 saturated heterocycles. The van der Waals surface area contributed by atoms with Gasteiger partial charge in [-0.1, -0.05) is 41.4 Å². The largest absolute Gasteiger partial charge is 0.293 e. The van der Waals surface area contributed by atoms with Gasteiger partial charge >= 0.3 is 0 Å². The molecule has 4 heteroatoms. The van der Waals surface area contributed by atoms with Crippen LogP contribution in [0, 0.1) is 6.92 Å². The van der Waals surface area contributed by atoms with E-state index in [4.69, 9.17) is 11.6 Å². The summed E-state index contributed by atoms with van der Waals surface area (Å²) < 4.78 is 12.4. The van der Waals surface area contributed by atoms with Gasteiger partial charge in [0.1, 0.15) is 0 Å². The molecule has 0 bridgehead atoms. The SMILES string of the molecule is Cc1ccc(S(=O)C(C)C(=O)c2cccc(Cl)c2)cc1. The zero-order valence-corrected chi connectivity index (χ0v) is 12.9. The molecule has 0 saturated carbocycles. The van der Waals surface area contributed by atoms with Crippen molar-refractivity contribution in [1.82, 2.24) is 0 Å². The molecule has 2 rings (SSSR count). The maximum Gasteiger partial charge on any atom is 0.178 e.